The molecule has 0 radical (unpaired) electrons. The Kier molecular flexibility index (Phi) is 5.76. The third-order valence-electron chi connectivity index (χ3n) is 4.66. The quantitative estimate of drug-likeness (QED) is 0.904. The third kappa shape index (κ3) is 4.86. The summed E-state index contributed by atoms with van der Waals surface area (Å²) in [5.74, 6) is 1.88. The van der Waals surface area contributed by atoms with E-state index in [0.717, 1.165) is 54.7 Å². The van der Waals surface area contributed by atoms with Gasteiger partial charge in [0.15, 0.2) is 6.54 Å². The summed E-state index contributed by atoms with van der Waals surface area (Å²) in [4.78, 5) is 24.9. The maximum absolute atomic E-state index is 12.8. The molecule has 0 bridgehead atoms. The molecule has 0 saturated carbocycles. The predicted molar refractivity (Wildman–Crippen MR) is 97.6 cm³/mol. The van der Waals surface area contributed by atoms with Crippen molar-refractivity contribution in [3.63, 3.8) is 0 Å². The van der Waals surface area contributed by atoms with Crippen LogP contribution in [0.4, 0.5) is 5.82 Å². The number of carbonyl (C=O) groups excluding carboxylic acids is 1. The summed E-state index contributed by atoms with van der Waals surface area (Å²) in [5.41, 5.74) is 2.15. The summed E-state index contributed by atoms with van der Waals surface area (Å²) in [6, 6.07) is 12.3. The monoisotopic (exact) mass is 339 g/mol. The molecule has 1 saturated heterocycles. The second-order valence-corrected chi connectivity index (χ2v) is 6.83. The van der Waals surface area contributed by atoms with Gasteiger partial charge < -0.3 is 4.90 Å². The van der Waals surface area contributed by atoms with Crippen molar-refractivity contribution in [2.45, 2.75) is 39.7 Å². The van der Waals surface area contributed by atoms with E-state index in [1.54, 1.807) is 0 Å². The van der Waals surface area contributed by atoms with Crippen molar-refractivity contribution >= 4 is 11.7 Å². The average molecular weight is 339 g/mol. The number of hydrogen-bond acceptors (Lipinski definition) is 3. The van der Waals surface area contributed by atoms with Gasteiger partial charge in [-0.05, 0) is 33.1 Å². The lowest BCUT2D eigenvalue weighted by Crippen LogP contribution is -3.07. The van der Waals surface area contributed by atoms with Crippen molar-refractivity contribution < 1.29 is 9.69 Å². The molecule has 1 aliphatic rings. The first kappa shape index (κ1) is 17.5. The molecule has 0 spiro atoms. The van der Waals surface area contributed by atoms with Crippen LogP contribution in [0, 0.1) is 13.8 Å². The number of quaternary nitrogens is 1. The van der Waals surface area contributed by atoms with Crippen LogP contribution in [0.25, 0.3) is 0 Å². The van der Waals surface area contributed by atoms with Gasteiger partial charge in [-0.3, -0.25) is 9.69 Å². The maximum Gasteiger partial charge on any atom is 0.278 e. The van der Waals surface area contributed by atoms with Crippen molar-refractivity contribution in [1.29, 1.82) is 0 Å². The number of amides is 1. The molecule has 5 heteroatoms. The first-order valence-corrected chi connectivity index (χ1v) is 9.11. The van der Waals surface area contributed by atoms with E-state index >= 15 is 0 Å². The standard InChI is InChI=1S/C20H26N4O/c1-16-13-19(22-17(2)21-16)24(14-18-9-5-3-6-10-18)15-20(25)23-11-7-4-8-12-23/h3,5-6,9-10,13H,4,7-8,11-12,14-15H2,1-2H3/p+1. The number of nitrogens with one attached hydrogen (secondary N) is 1. The Hall–Kier alpha value is -2.27. The van der Waals surface area contributed by atoms with E-state index in [2.05, 4.69) is 22.1 Å². The smallest absolute Gasteiger partial charge is 0.278 e. The van der Waals surface area contributed by atoms with Gasteiger partial charge in [0, 0.05) is 30.4 Å². The fraction of sp³-hybridized carbons (Fsp3) is 0.450. The van der Waals surface area contributed by atoms with Crippen LogP contribution < -0.4 is 4.90 Å². The molecule has 2 heterocycles. The summed E-state index contributed by atoms with van der Waals surface area (Å²) in [6.45, 7) is 6.84. The van der Waals surface area contributed by atoms with Crippen LogP contribution in [-0.4, -0.2) is 40.4 Å². The molecule has 2 aromatic rings. The fourth-order valence-electron chi connectivity index (χ4n) is 3.42. The van der Waals surface area contributed by atoms with Gasteiger partial charge in [-0.2, -0.15) is 4.98 Å². The van der Waals surface area contributed by atoms with Crippen molar-refractivity contribution in [2.75, 3.05) is 19.6 Å². The van der Waals surface area contributed by atoms with Gasteiger partial charge in [-0.15, -0.1) is 0 Å². The molecular weight excluding hydrogens is 312 g/mol. The Morgan fingerprint density at radius 3 is 2.48 bits per heavy atom. The van der Waals surface area contributed by atoms with Crippen LogP contribution in [0.1, 0.15) is 36.3 Å². The van der Waals surface area contributed by atoms with Crippen LogP contribution in [0.3, 0.4) is 0 Å². The molecule has 1 aliphatic heterocycles. The molecule has 1 atom stereocenters. The summed E-state index contributed by atoms with van der Waals surface area (Å²) in [7, 11) is 0. The topological polar surface area (TPSA) is 50.5 Å². The zero-order chi connectivity index (χ0) is 17.6. The summed E-state index contributed by atoms with van der Waals surface area (Å²) >= 11 is 0. The van der Waals surface area contributed by atoms with E-state index in [0.29, 0.717) is 6.54 Å². The molecule has 132 valence electrons. The van der Waals surface area contributed by atoms with Gasteiger partial charge in [0.1, 0.15) is 12.4 Å². The molecule has 5 nitrogen and oxygen atoms in total. The Morgan fingerprint density at radius 2 is 1.80 bits per heavy atom. The van der Waals surface area contributed by atoms with E-state index in [9.17, 15) is 4.79 Å². The van der Waals surface area contributed by atoms with Crippen LogP contribution in [0.2, 0.25) is 0 Å². The zero-order valence-electron chi connectivity index (χ0n) is 15.2. The highest BCUT2D eigenvalue weighted by molar-refractivity contribution is 5.77. The Balaban J connectivity index is 1.81. The van der Waals surface area contributed by atoms with E-state index in [4.69, 9.17) is 0 Å². The van der Waals surface area contributed by atoms with Gasteiger partial charge in [0.05, 0.1) is 0 Å². The molecule has 3 rings (SSSR count). The van der Waals surface area contributed by atoms with Crippen molar-refractivity contribution in [1.82, 2.24) is 14.9 Å². The van der Waals surface area contributed by atoms with Crippen LogP contribution in [0.5, 0.6) is 0 Å². The van der Waals surface area contributed by atoms with Crippen molar-refractivity contribution in [3.05, 3.63) is 53.5 Å². The number of aromatic nitrogens is 2. The maximum atomic E-state index is 12.8. The largest absolute Gasteiger partial charge is 0.338 e. The van der Waals surface area contributed by atoms with Crippen LogP contribution in [0.15, 0.2) is 36.4 Å². The number of hydrogen-bond donors (Lipinski definition) is 1. The highest BCUT2D eigenvalue weighted by Crippen LogP contribution is 2.09. The molecule has 1 aromatic carbocycles. The third-order valence-corrected chi connectivity index (χ3v) is 4.66. The molecule has 25 heavy (non-hydrogen) atoms. The molecule has 1 aromatic heterocycles. The summed E-state index contributed by atoms with van der Waals surface area (Å²) < 4.78 is 0. The molecule has 1 N–H and O–H groups in total. The lowest BCUT2D eigenvalue weighted by atomic mass is 10.1. The van der Waals surface area contributed by atoms with E-state index < -0.39 is 0 Å². The molecule has 1 amide bonds. The average Bonchev–Trinajstić information content (AvgIpc) is 2.62. The van der Waals surface area contributed by atoms with Crippen molar-refractivity contribution in [3.8, 4) is 0 Å². The number of nitrogens with zero attached hydrogens (tertiary/aromatic N) is 3. The second-order valence-electron chi connectivity index (χ2n) is 6.83. The minimum absolute atomic E-state index is 0.222. The lowest BCUT2D eigenvalue weighted by Gasteiger charge is -2.28. The number of aryl methyl sites for hydroxylation is 2. The minimum atomic E-state index is 0.222. The summed E-state index contributed by atoms with van der Waals surface area (Å²) in [5, 5.41) is 0. The first-order chi connectivity index (χ1) is 12.1. The Morgan fingerprint density at radius 1 is 1.08 bits per heavy atom. The Bertz CT molecular complexity index is 691. The van der Waals surface area contributed by atoms with Gasteiger partial charge in [0.25, 0.3) is 5.91 Å². The van der Waals surface area contributed by atoms with E-state index in [-0.39, 0.29) is 5.91 Å². The zero-order valence-corrected chi connectivity index (χ0v) is 15.2. The van der Waals surface area contributed by atoms with Gasteiger partial charge in [-0.25, -0.2) is 4.98 Å². The lowest BCUT2D eigenvalue weighted by molar-refractivity contribution is -0.841. The molecule has 1 unspecified atom stereocenters. The first-order valence-electron chi connectivity index (χ1n) is 9.11. The highest BCUT2D eigenvalue weighted by Gasteiger charge is 2.24. The van der Waals surface area contributed by atoms with Gasteiger partial charge in [0.2, 0.25) is 5.82 Å². The Labute approximate surface area is 149 Å². The summed E-state index contributed by atoms with van der Waals surface area (Å²) in [6.07, 6.45) is 3.46. The fourth-order valence-corrected chi connectivity index (χ4v) is 3.42. The SMILES string of the molecule is Cc1cc([NH+](CC(=O)N2CCCCC2)Cc2ccccc2)nc(C)n1. The number of likely N-dealkylation sites (tertiary alicyclic amines) is 1. The van der Waals surface area contributed by atoms with Crippen LogP contribution >= 0.6 is 0 Å². The molecule has 0 aliphatic carbocycles. The second kappa shape index (κ2) is 8.21. The highest BCUT2D eigenvalue weighted by atomic mass is 16.2. The van der Waals surface area contributed by atoms with E-state index in [1.807, 2.05) is 43.0 Å². The number of benzene rings is 1. The van der Waals surface area contributed by atoms with E-state index in [1.165, 1.54) is 12.0 Å². The van der Waals surface area contributed by atoms with Gasteiger partial charge in [-0.1, -0.05) is 30.3 Å². The molecular formula is C20H27N4O+. The molecule has 1 fully saturated rings. The van der Waals surface area contributed by atoms with Crippen molar-refractivity contribution in [2.24, 2.45) is 0 Å². The predicted octanol–water partition coefficient (Wildman–Crippen LogP) is 1.82. The number of carbonyl (C=O) groups is 1. The number of piperidine rings is 1. The van der Waals surface area contributed by atoms with Gasteiger partial charge >= 0.3 is 0 Å². The van der Waals surface area contributed by atoms with Crippen LogP contribution in [-0.2, 0) is 11.3 Å². The number of rotatable bonds is 5. The normalized spacial score (nSPS) is 15.8. The minimum Gasteiger partial charge on any atom is -0.338 e.